The van der Waals surface area contributed by atoms with Gasteiger partial charge >= 0.3 is 0 Å². The second-order valence-electron chi connectivity index (χ2n) is 3.93. The maximum Gasteiger partial charge on any atom is 0.183 e. The minimum atomic E-state index is 0.244. The van der Waals surface area contributed by atoms with E-state index < -0.39 is 0 Å². The molecular weight excluding hydrogens is 208 g/mol. The molecule has 0 spiro atoms. The van der Waals surface area contributed by atoms with E-state index in [4.69, 9.17) is 11.0 Å². The third kappa shape index (κ3) is 1.77. The minimum Gasteiger partial charge on any atom is -0.381 e. The van der Waals surface area contributed by atoms with Gasteiger partial charge in [0, 0.05) is 11.7 Å². The van der Waals surface area contributed by atoms with Crippen LogP contribution in [0.15, 0.2) is 5.03 Å². The normalized spacial score (nSPS) is 18.9. The highest BCUT2D eigenvalue weighted by molar-refractivity contribution is 8.00. The first-order valence-corrected chi connectivity index (χ1v) is 5.73. The van der Waals surface area contributed by atoms with Crippen LogP contribution in [0.2, 0.25) is 0 Å². The molecule has 78 valence electrons. The number of hydrogen-bond donors (Lipinski definition) is 1. The van der Waals surface area contributed by atoms with E-state index in [0.29, 0.717) is 11.2 Å². The average Bonchev–Trinajstić information content (AvgIpc) is 2.59. The molecule has 1 aromatic rings. The average molecular weight is 220 g/mol. The smallest absolute Gasteiger partial charge is 0.183 e. The molecule has 2 rings (SSSR count). The zero-order chi connectivity index (χ0) is 11.0. The van der Waals surface area contributed by atoms with Crippen molar-refractivity contribution in [2.24, 2.45) is 5.92 Å². The van der Waals surface area contributed by atoms with E-state index in [1.54, 1.807) is 11.8 Å². The Morgan fingerprint density at radius 3 is 2.87 bits per heavy atom. The third-order valence-electron chi connectivity index (χ3n) is 2.47. The van der Waals surface area contributed by atoms with E-state index in [2.05, 4.69) is 23.8 Å². The van der Waals surface area contributed by atoms with Crippen molar-refractivity contribution in [2.45, 2.75) is 30.5 Å². The Morgan fingerprint density at radius 2 is 2.27 bits per heavy atom. The lowest BCUT2D eigenvalue weighted by molar-refractivity contribution is 0.606. The predicted octanol–water partition coefficient (Wildman–Crippen LogP) is 1.60. The number of thioether (sulfide) groups is 1. The van der Waals surface area contributed by atoms with E-state index >= 15 is 0 Å². The van der Waals surface area contributed by atoms with Crippen molar-refractivity contribution < 1.29 is 0 Å². The summed E-state index contributed by atoms with van der Waals surface area (Å²) in [7, 11) is 0. The summed E-state index contributed by atoms with van der Waals surface area (Å²) in [6.07, 6.45) is 0.889. The third-order valence-corrected chi connectivity index (χ3v) is 4.03. The van der Waals surface area contributed by atoms with Crippen molar-refractivity contribution in [3.05, 3.63) is 11.4 Å². The lowest BCUT2D eigenvalue weighted by Gasteiger charge is -2.10. The summed E-state index contributed by atoms with van der Waals surface area (Å²) in [5.41, 5.74) is 6.79. The Hall–Kier alpha value is -1.28. The standard InChI is InChI=1S/C10H12N4S/c1-5(2)8-3-6-10(15-8)14-9(12)7(4-11)13-6/h5,8H,3H2,1-2H3,(H2,12,14). The van der Waals surface area contributed by atoms with E-state index in [1.165, 1.54) is 0 Å². The first kappa shape index (κ1) is 10.2. The SMILES string of the molecule is CC(C)C1Cc2nc(C#N)c(N)nc2S1. The highest BCUT2D eigenvalue weighted by Crippen LogP contribution is 2.38. The molecule has 0 radical (unpaired) electrons. The molecule has 1 aliphatic rings. The van der Waals surface area contributed by atoms with Gasteiger partial charge < -0.3 is 5.73 Å². The van der Waals surface area contributed by atoms with E-state index in [0.717, 1.165) is 17.1 Å². The number of hydrogen-bond acceptors (Lipinski definition) is 5. The molecule has 2 heterocycles. The Labute approximate surface area is 92.9 Å². The fourth-order valence-corrected chi connectivity index (χ4v) is 2.74. The highest BCUT2D eigenvalue weighted by Gasteiger charge is 2.28. The molecule has 0 fully saturated rings. The fraction of sp³-hybridized carbons (Fsp3) is 0.500. The van der Waals surface area contributed by atoms with Crippen molar-refractivity contribution in [3.8, 4) is 6.07 Å². The molecule has 4 nitrogen and oxygen atoms in total. The maximum atomic E-state index is 8.79. The Bertz CT molecular complexity index is 436. The molecule has 5 heteroatoms. The monoisotopic (exact) mass is 220 g/mol. The molecule has 0 amide bonds. The second kappa shape index (κ2) is 3.70. The minimum absolute atomic E-state index is 0.244. The Balaban J connectivity index is 2.36. The van der Waals surface area contributed by atoms with Crippen LogP contribution in [0.25, 0.3) is 0 Å². The number of nitriles is 1. The van der Waals surface area contributed by atoms with E-state index in [1.807, 2.05) is 6.07 Å². The molecule has 0 saturated carbocycles. The van der Waals surface area contributed by atoms with Crippen molar-refractivity contribution in [1.82, 2.24) is 9.97 Å². The molecule has 0 aromatic carbocycles. The van der Waals surface area contributed by atoms with Crippen LogP contribution in [0.1, 0.15) is 25.2 Å². The molecule has 1 aromatic heterocycles. The number of nitrogens with zero attached hydrogens (tertiary/aromatic N) is 3. The van der Waals surface area contributed by atoms with E-state index in [-0.39, 0.29) is 11.5 Å². The van der Waals surface area contributed by atoms with Crippen molar-refractivity contribution in [3.63, 3.8) is 0 Å². The number of nitrogens with two attached hydrogens (primary N) is 1. The summed E-state index contributed by atoms with van der Waals surface area (Å²) < 4.78 is 0. The topological polar surface area (TPSA) is 75.6 Å². The fourth-order valence-electron chi connectivity index (χ4n) is 1.52. The maximum absolute atomic E-state index is 8.79. The van der Waals surface area contributed by atoms with Crippen LogP contribution in [-0.4, -0.2) is 15.2 Å². The van der Waals surface area contributed by atoms with Gasteiger partial charge in [0.1, 0.15) is 11.1 Å². The van der Waals surface area contributed by atoms with Gasteiger partial charge in [0.05, 0.1) is 5.69 Å². The summed E-state index contributed by atoms with van der Waals surface area (Å²) in [6, 6.07) is 1.96. The van der Waals surface area contributed by atoms with Gasteiger partial charge in [-0.25, -0.2) is 9.97 Å². The Morgan fingerprint density at radius 1 is 1.53 bits per heavy atom. The van der Waals surface area contributed by atoms with Crippen LogP contribution in [0, 0.1) is 17.2 Å². The first-order valence-electron chi connectivity index (χ1n) is 4.85. The van der Waals surface area contributed by atoms with Gasteiger partial charge in [0.2, 0.25) is 0 Å². The number of aromatic nitrogens is 2. The van der Waals surface area contributed by atoms with Gasteiger partial charge in [-0.05, 0) is 5.92 Å². The number of nitrogen functional groups attached to an aromatic ring is 1. The van der Waals surface area contributed by atoms with Gasteiger partial charge in [-0.1, -0.05) is 13.8 Å². The molecule has 1 unspecified atom stereocenters. The van der Waals surface area contributed by atoms with Gasteiger partial charge in [-0.2, -0.15) is 5.26 Å². The van der Waals surface area contributed by atoms with Gasteiger partial charge in [0.15, 0.2) is 11.5 Å². The van der Waals surface area contributed by atoms with E-state index in [9.17, 15) is 0 Å². The largest absolute Gasteiger partial charge is 0.381 e. The van der Waals surface area contributed by atoms with Crippen molar-refractivity contribution >= 4 is 17.6 Å². The quantitative estimate of drug-likeness (QED) is 0.778. The molecule has 2 N–H and O–H groups in total. The van der Waals surface area contributed by atoms with Crippen molar-refractivity contribution in [2.75, 3.05) is 5.73 Å². The van der Waals surface area contributed by atoms with Gasteiger partial charge in [0.25, 0.3) is 0 Å². The van der Waals surface area contributed by atoms with Crippen LogP contribution in [0.4, 0.5) is 5.82 Å². The molecule has 0 saturated heterocycles. The van der Waals surface area contributed by atoms with Crippen LogP contribution in [0.5, 0.6) is 0 Å². The number of fused-ring (bicyclic) bond motifs is 1. The van der Waals surface area contributed by atoms with Gasteiger partial charge in [-0.3, -0.25) is 0 Å². The zero-order valence-electron chi connectivity index (χ0n) is 8.69. The molecule has 0 bridgehead atoms. The van der Waals surface area contributed by atoms with Crippen LogP contribution >= 0.6 is 11.8 Å². The van der Waals surface area contributed by atoms with Crippen LogP contribution in [-0.2, 0) is 6.42 Å². The van der Waals surface area contributed by atoms with Crippen LogP contribution in [0.3, 0.4) is 0 Å². The molecule has 15 heavy (non-hydrogen) atoms. The van der Waals surface area contributed by atoms with Crippen LogP contribution < -0.4 is 5.73 Å². The number of anilines is 1. The second-order valence-corrected chi connectivity index (χ2v) is 5.15. The molecule has 1 atom stereocenters. The summed E-state index contributed by atoms with van der Waals surface area (Å²) >= 11 is 1.71. The summed E-state index contributed by atoms with van der Waals surface area (Å²) in [5.74, 6) is 0.825. The first-order chi connectivity index (χ1) is 7.11. The summed E-state index contributed by atoms with van der Waals surface area (Å²) in [6.45, 7) is 4.36. The Kier molecular flexibility index (Phi) is 2.53. The highest BCUT2D eigenvalue weighted by atomic mass is 32.2. The van der Waals surface area contributed by atoms with Gasteiger partial charge in [-0.15, -0.1) is 11.8 Å². The van der Waals surface area contributed by atoms with Crippen molar-refractivity contribution in [1.29, 1.82) is 5.26 Å². The lowest BCUT2D eigenvalue weighted by Crippen LogP contribution is -2.09. The lowest BCUT2D eigenvalue weighted by atomic mass is 10.1. The summed E-state index contributed by atoms with van der Waals surface area (Å²) in [5, 5.41) is 10.2. The molecule has 0 aliphatic carbocycles. The summed E-state index contributed by atoms with van der Waals surface area (Å²) in [4.78, 5) is 8.45. The number of rotatable bonds is 1. The zero-order valence-corrected chi connectivity index (χ0v) is 9.51. The molecular formula is C10H12N4S. The predicted molar refractivity (Wildman–Crippen MR) is 59.3 cm³/mol. The molecule has 1 aliphatic heterocycles.